The van der Waals surface area contributed by atoms with Crippen molar-refractivity contribution in [3.63, 3.8) is 0 Å². The minimum absolute atomic E-state index is 0.00110. The second-order valence-electron chi connectivity index (χ2n) is 9.67. The summed E-state index contributed by atoms with van der Waals surface area (Å²) in [7, 11) is 0. The van der Waals surface area contributed by atoms with E-state index in [1.807, 2.05) is 43.5 Å². The van der Waals surface area contributed by atoms with E-state index in [9.17, 15) is 4.79 Å². The molecule has 34 heavy (non-hydrogen) atoms. The number of anilines is 1. The van der Waals surface area contributed by atoms with Crippen molar-refractivity contribution in [3.05, 3.63) is 53.2 Å². The largest absolute Gasteiger partial charge is 0.475 e. The lowest BCUT2D eigenvalue weighted by Gasteiger charge is -2.26. The zero-order valence-corrected chi connectivity index (χ0v) is 21.1. The Morgan fingerprint density at radius 2 is 1.94 bits per heavy atom. The molecule has 1 amide bonds. The van der Waals surface area contributed by atoms with Gasteiger partial charge in [0.1, 0.15) is 0 Å². The number of aromatic nitrogens is 1. The van der Waals surface area contributed by atoms with Gasteiger partial charge in [0.15, 0.2) is 0 Å². The van der Waals surface area contributed by atoms with Gasteiger partial charge in [0.05, 0.1) is 12.0 Å². The zero-order chi connectivity index (χ0) is 23.9. The molecule has 0 radical (unpaired) electrons. The van der Waals surface area contributed by atoms with E-state index < -0.39 is 0 Å². The molecule has 184 valence electrons. The van der Waals surface area contributed by atoms with Gasteiger partial charge >= 0.3 is 0 Å². The highest BCUT2D eigenvalue weighted by Gasteiger charge is 2.30. The standard InChI is InChI=1S/C27H37ClN4O2/c1-3-20(2)34-26-11-6-21(17-29-26)16-24(19-31-13-4-5-14-31)30-27(33)22-12-15-32(18-22)25-9-7-23(28)8-10-25/h6-11,17,20,22,24H,3-5,12-16,18-19H2,1-2H3,(H,30,33). The van der Waals surface area contributed by atoms with E-state index >= 15 is 0 Å². The van der Waals surface area contributed by atoms with Crippen LogP contribution in [-0.2, 0) is 11.2 Å². The summed E-state index contributed by atoms with van der Waals surface area (Å²) >= 11 is 6.03. The quantitative estimate of drug-likeness (QED) is 0.535. The van der Waals surface area contributed by atoms with Crippen LogP contribution in [-0.4, -0.2) is 60.7 Å². The minimum atomic E-state index is 0.00110. The summed E-state index contributed by atoms with van der Waals surface area (Å²) in [6.07, 6.45) is 7.10. The Labute approximate surface area is 208 Å². The first kappa shape index (κ1) is 24.8. The third-order valence-electron chi connectivity index (χ3n) is 6.95. The number of nitrogens with one attached hydrogen (secondary N) is 1. The van der Waals surface area contributed by atoms with Crippen molar-refractivity contribution in [2.75, 3.05) is 37.6 Å². The average molecular weight is 485 g/mol. The first-order chi connectivity index (χ1) is 16.5. The Morgan fingerprint density at radius 3 is 2.62 bits per heavy atom. The van der Waals surface area contributed by atoms with Crippen LogP contribution in [0, 0.1) is 5.92 Å². The summed E-state index contributed by atoms with van der Waals surface area (Å²) in [5.74, 6) is 0.818. The van der Waals surface area contributed by atoms with Crippen LogP contribution in [0.2, 0.25) is 5.02 Å². The molecule has 1 aromatic heterocycles. The zero-order valence-electron chi connectivity index (χ0n) is 20.4. The van der Waals surface area contributed by atoms with Gasteiger partial charge in [0, 0.05) is 48.6 Å². The van der Waals surface area contributed by atoms with Crippen LogP contribution < -0.4 is 15.0 Å². The maximum atomic E-state index is 13.2. The predicted octanol–water partition coefficient (Wildman–Crippen LogP) is 4.56. The Hall–Kier alpha value is -2.31. The van der Waals surface area contributed by atoms with E-state index in [4.69, 9.17) is 16.3 Å². The minimum Gasteiger partial charge on any atom is -0.475 e. The highest BCUT2D eigenvalue weighted by atomic mass is 35.5. The Balaban J connectivity index is 1.36. The van der Waals surface area contributed by atoms with Gasteiger partial charge in [-0.25, -0.2) is 4.98 Å². The SMILES string of the molecule is CCC(C)Oc1ccc(CC(CN2CCCC2)NC(=O)C2CCN(c3ccc(Cl)cc3)C2)cn1. The van der Waals surface area contributed by atoms with Gasteiger partial charge in [-0.05, 0) is 81.9 Å². The molecule has 3 unspecified atom stereocenters. The normalized spacial score (nSPS) is 20.3. The van der Waals surface area contributed by atoms with Gasteiger partial charge in [0.2, 0.25) is 11.8 Å². The maximum Gasteiger partial charge on any atom is 0.225 e. The number of hydrogen-bond acceptors (Lipinski definition) is 5. The Morgan fingerprint density at radius 1 is 1.18 bits per heavy atom. The molecular weight excluding hydrogens is 448 g/mol. The van der Waals surface area contributed by atoms with Crippen LogP contribution in [0.5, 0.6) is 5.88 Å². The number of hydrogen-bond donors (Lipinski definition) is 1. The summed E-state index contributed by atoms with van der Waals surface area (Å²) in [4.78, 5) is 22.5. The lowest BCUT2D eigenvalue weighted by Crippen LogP contribution is -2.46. The number of ether oxygens (including phenoxy) is 1. The molecular formula is C27H37ClN4O2. The molecule has 0 bridgehead atoms. The first-order valence-corrected chi connectivity index (χ1v) is 13.0. The summed E-state index contributed by atoms with van der Waals surface area (Å²) in [6.45, 7) is 8.88. The molecule has 2 aromatic rings. The van der Waals surface area contributed by atoms with Crippen LogP contribution in [0.4, 0.5) is 5.69 Å². The van der Waals surface area contributed by atoms with Crippen molar-refractivity contribution in [3.8, 4) is 5.88 Å². The molecule has 0 aliphatic carbocycles. The number of carbonyl (C=O) groups excluding carboxylic acids is 1. The van der Waals surface area contributed by atoms with E-state index in [-0.39, 0.29) is 24.0 Å². The molecule has 1 N–H and O–H groups in total. The molecule has 2 saturated heterocycles. The maximum absolute atomic E-state index is 13.2. The number of pyridine rings is 1. The van der Waals surface area contributed by atoms with Crippen molar-refractivity contribution in [2.45, 2.75) is 58.1 Å². The number of carbonyl (C=O) groups is 1. The predicted molar refractivity (Wildman–Crippen MR) is 138 cm³/mol. The highest BCUT2D eigenvalue weighted by Crippen LogP contribution is 2.25. The lowest BCUT2D eigenvalue weighted by molar-refractivity contribution is -0.125. The molecule has 2 aliphatic rings. The topological polar surface area (TPSA) is 57.7 Å². The van der Waals surface area contributed by atoms with Crippen molar-refractivity contribution in [2.24, 2.45) is 5.92 Å². The second kappa shape index (κ2) is 11.9. The molecule has 3 heterocycles. The Kier molecular flexibility index (Phi) is 8.68. The smallest absolute Gasteiger partial charge is 0.225 e. The van der Waals surface area contributed by atoms with Crippen LogP contribution >= 0.6 is 11.6 Å². The number of benzene rings is 1. The fourth-order valence-corrected chi connectivity index (χ4v) is 4.92. The van der Waals surface area contributed by atoms with Crippen LogP contribution in [0.25, 0.3) is 0 Å². The van der Waals surface area contributed by atoms with Crippen LogP contribution in [0.1, 0.15) is 45.1 Å². The van der Waals surface area contributed by atoms with E-state index in [0.717, 1.165) is 68.3 Å². The van der Waals surface area contributed by atoms with Crippen LogP contribution in [0.3, 0.4) is 0 Å². The van der Waals surface area contributed by atoms with Gasteiger partial charge < -0.3 is 19.9 Å². The van der Waals surface area contributed by atoms with Crippen molar-refractivity contribution in [1.29, 1.82) is 0 Å². The van der Waals surface area contributed by atoms with Gasteiger partial charge in [-0.15, -0.1) is 0 Å². The molecule has 2 aliphatic heterocycles. The number of nitrogens with zero attached hydrogens (tertiary/aromatic N) is 3. The van der Waals surface area contributed by atoms with Crippen molar-refractivity contribution >= 4 is 23.2 Å². The molecule has 0 spiro atoms. The molecule has 6 nitrogen and oxygen atoms in total. The monoisotopic (exact) mass is 484 g/mol. The average Bonchev–Trinajstić information content (AvgIpc) is 3.53. The van der Waals surface area contributed by atoms with Crippen LogP contribution in [0.15, 0.2) is 42.6 Å². The summed E-state index contributed by atoms with van der Waals surface area (Å²) < 4.78 is 5.82. The summed E-state index contributed by atoms with van der Waals surface area (Å²) in [6, 6.07) is 12.0. The lowest BCUT2D eigenvalue weighted by atomic mass is 10.0. The summed E-state index contributed by atoms with van der Waals surface area (Å²) in [5, 5.41) is 4.12. The van der Waals surface area contributed by atoms with E-state index in [1.54, 1.807) is 0 Å². The number of likely N-dealkylation sites (tertiary alicyclic amines) is 1. The van der Waals surface area contributed by atoms with E-state index in [0.29, 0.717) is 5.88 Å². The fourth-order valence-electron chi connectivity index (χ4n) is 4.79. The Bertz CT molecular complexity index is 915. The molecule has 0 saturated carbocycles. The summed E-state index contributed by atoms with van der Waals surface area (Å²) in [5.41, 5.74) is 2.24. The van der Waals surface area contributed by atoms with Gasteiger partial charge in [0.25, 0.3) is 0 Å². The fraction of sp³-hybridized carbons (Fsp3) is 0.556. The number of halogens is 1. The van der Waals surface area contributed by atoms with Gasteiger partial charge in [-0.3, -0.25) is 4.79 Å². The third kappa shape index (κ3) is 6.86. The van der Waals surface area contributed by atoms with Crippen molar-refractivity contribution < 1.29 is 9.53 Å². The molecule has 1 aromatic carbocycles. The van der Waals surface area contributed by atoms with Gasteiger partial charge in [-0.2, -0.15) is 0 Å². The van der Waals surface area contributed by atoms with E-state index in [1.165, 1.54) is 12.8 Å². The number of rotatable bonds is 10. The van der Waals surface area contributed by atoms with Crippen molar-refractivity contribution in [1.82, 2.24) is 15.2 Å². The molecule has 7 heteroatoms. The van der Waals surface area contributed by atoms with E-state index in [2.05, 4.69) is 33.1 Å². The molecule has 3 atom stereocenters. The third-order valence-corrected chi connectivity index (χ3v) is 7.20. The first-order valence-electron chi connectivity index (χ1n) is 12.6. The highest BCUT2D eigenvalue weighted by molar-refractivity contribution is 6.30. The molecule has 4 rings (SSSR count). The van der Waals surface area contributed by atoms with Gasteiger partial charge in [-0.1, -0.05) is 24.6 Å². The number of amides is 1. The molecule has 2 fully saturated rings. The second-order valence-corrected chi connectivity index (χ2v) is 10.1.